The highest BCUT2D eigenvalue weighted by molar-refractivity contribution is 5.65. The Kier molecular flexibility index (Phi) is 7.94. The highest BCUT2D eigenvalue weighted by Crippen LogP contribution is 2.40. The molecule has 0 spiro atoms. The molecule has 1 fully saturated rings. The van der Waals surface area contributed by atoms with Crippen molar-refractivity contribution in [2.45, 2.75) is 51.4 Å². The van der Waals surface area contributed by atoms with E-state index in [1.807, 2.05) is 19.1 Å². The van der Waals surface area contributed by atoms with E-state index in [0.29, 0.717) is 29.0 Å². The maximum atomic E-state index is 15.0. The van der Waals surface area contributed by atoms with Crippen LogP contribution in [0, 0.1) is 36.1 Å². The summed E-state index contributed by atoms with van der Waals surface area (Å²) in [5.74, 6) is -3.22. The van der Waals surface area contributed by atoms with E-state index in [4.69, 9.17) is 4.74 Å². The summed E-state index contributed by atoms with van der Waals surface area (Å²) in [6, 6.07) is 13.8. The van der Waals surface area contributed by atoms with E-state index in [1.54, 1.807) is 30.3 Å². The maximum absolute atomic E-state index is 15.0. The molecule has 1 aliphatic carbocycles. The lowest BCUT2D eigenvalue weighted by Gasteiger charge is -2.29. The van der Waals surface area contributed by atoms with Crippen molar-refractivity contribution >= 4 is 0 Å². The Morgan fingerprint density at radius 2 is 1.54 bits per heavy atom. The lowest BCUT2D eigenvalue weighted by Crippen LogP contribution is -2.16. The molecule has 0 radical (unpaired) electrons. The molecule has 35 heavy (non-hydrogen) atoms. The van der Waals surface area contributed by atoms with Crippen LogP contribution in [0.5, 0.6) is 5.75 Å². The minimum atomic E-state index is -0.973. The van der Waals surface area contributed by atoms with Crippen molar-refractivity contribution in [1.82, 2.24) is 0 Å². The van der Waals surface area contributed by atoms with E-state index < -0.39 is 23.3 Å². The number of ether oxygens (including phenoxy) is 1. The van der Waals surface area contributed by atoms with Crippen LogP contribution in [-0.2, 0) is 6.42 Å². The zero-order valence-electron chi connectivity index (χ0n) is 19.9. The van der Waals surface area contributed by atoms with Crippen molar-refractivity contribution in [3.63, 3.8) is 0 Å². The molecule has 3 aromatic rings. The van der Waals surface area contributed by atoms with Crippen molar-refractivity contribution in [1.29, 1.82) is 0 Å². The summed E-state index contributed by atoms with van der Waals surface area (Å²) in [6.07, 6.45) is 5.80. The average Bonchev–Trinajstić information content (AvgIpc) is 2.87. The van der Waals surface area contributed by atoms with Crippen LogP contribution < -0.4 is 4.74 Å². The topological polar surface area (TPSA) is 9.23 Å². The van der Waals surface area contributed by atoms with Gasteiger partial charge in [0.1, 0.15) is 6.61 Å². The second-order valence-corrected chi connectivity index (χ2v) is 9.40. The predicted molar refractivity (Wildman–Crippen MR) is 132 cm³/mol. The highest BCUT2D eigenvalue weighted by atomic mass is 19.2. The molecule has 4 rings (SSSR count). The number of aryl methyl sites for hydroxylation is 2. The third-order valence-corrected chi connectivity index (χ3v) is 7.07. The van der Waals surface area contributed by atoms with Crippen molar-refractivity contribution in [3.05, 3.63) is 101 Å². The first-order valence-electron chi connectivity index (χ1n) is 12.1. The van der Waals surface area contributed by atoms with Crippen LogP contribution in [0.25, 0.3) is 11.1 Å². The summed E-state index contributed by atoms with van der Waals surface area (Å²) in [7, 11) is 0. The maximum Gasteiger partial charge on any atom is 0.200 e. The summed E-state index contributed by atoms with van der Waals surface area (Å²) in [6.45, 7) is 5.56. The first-order valence-corrected chi connectivity index (χ1v) is 12.1. The van der Waals surface area contributed by atoms with Crippen LogP contribution in [0.2, 0.25) is 0 Å². The fourth-order valence-corrected chi connectivity index (χ4v) is 4.98. The Balaban J connectivity index is 1.36. The van der Waals surface area contributed by atoms with Crippen LogP contribution in [0.3, 0.4) is 0 Å². The molecule has 0 bridgehead atoms. The molecule has 0 amide bonds. The van der Waals surface area contributed by atoms with Crippen LogP contribution in [0.15, 0.2) is 61.2 Å². The molecule has 3 aromatic carbocycles. The van der Waals surface area contributed by atoms with Gasteiger partial charge in [0.2, 0.25) is 5.82 Å². The predicted octanol–water partition coefficient (Wildman–Crippen LogP) is 8.69. The number of benzene rings is 3. The van der Waals surface area contributed by atoms with Gasteiger partial charge in [-0.2, -0.15) is 4.39 Å². The zero-order chi connectivity index (χ0) is 24.9. The van der Waals surface area contributed by atoms with Gasteiger partial charge in [-0.3, -0.25) is 0 Å². The Hall–Kier alpha value is -3.08. The second kappa shape index (κ2) is 11.1. The normalized spacial score (nSPS) is 17.9. The van der Waals surface area contributed by atoms with Crippen LogP contribution in [0.1, 0.15) is 54.7 Å². The largest absolute Gasteiger partial charge is 0.486 e. The lowest BCUT2D eigenvalue weighted by atomic mass is 9.76. The SMILES string of the molecule is C=CCOc1ccc(CCC2CCC(c3ccc(-c4ccc(C)cc4)c(F)c3F)CC2)c(F)c1F. The first kappa shape index (κ1) is 25.0. The molecule has 0 N–H and O–H groups in total. The number of hydrogen-bond donors (Lipinski definition) is 0. The Morgan fingerprint density at radius 1 is 0.829 bits per heavy atom. The number of halogens is 4. The van der Waals surface area contributed by atoms with Crippen LogP contribution in [0.4, 0.5) is 17.6 Å². The molecule has 0 heterocycles. The molecule has 0 saturated heterocycles. The summed E-state index contributed by atoms with van der Waals surface area (Å²) in [5.41, 5.74) is 2.75. The summed E-state index contributed by atoms with van der Waals surface area (Å²) >= 11 is 0. The summed E-state index contributed by atoms with van der Waals surface area (Å²) < 4.78 is 63.7. The van der Waals surface area contributed by atoms with Gasteiger partial charge in [0.05, 0.1) is 0 Å². The molecular weight excluding hydrogens is 452 g/mol. The zero-order valence-corrected chi connectivity index (χ0v) is 19.9. The average molecular weight is 483 g/mol. The molecule has 0 aromatic heterocycles. The van der Waals surface area contributed by atoms with Crippen molar-refractivity contribution in [2.75, 3.05) is 6.61 Å². The van der Waals surface area contributed by atoms with Gasteiger partial charge < -0.3 is 4.74 Å². The second-order valence-electron chi connectivity index (χ2n) is 9.40. The first-order chi connectivity index (χ1) is 16.9. The monoisotopic (exact) mass is 482 g/mol. The minimum Gasteiger partial charge on any atom is -0.486 e. The third kappa shape index (κ3) is 5.61. The quantitative estimate of drug-likeness (QED) is 0.230. The van der Waals surface area contributed by atoms with Crippen LogP contribution in [-0.4, -0.2) is 6.61 Å². The van der Waals surface area contributed by atoms with Crippen molar-refractivity contribution in [3.8, 4) is 16.9 Å². The van der Waals surface area contributed by atoms with E-state index in [9.17, 15) is 13.2 Å². The summed E-state index contributed by atoms with van der Waals surface area (Å²) in [4.78, 5) is 0. The third-order valence-electron chi connectivity index (χ3n) is 7.07. The van der Waals surface area contributed by atoms with Gasteiger partial charge in [0, 0.05) is 5.56 Å². The van der Waals surface area contributed by atoms with E-state index >= 15 is 4.39 Å². The van der Waals surface area contributed by atoms with Gasteiger partial charge in [-0.15, -0.1) is 0 Å². The molecule has 0 atom stereocenters. The summed E-state index contributed by atoms with van der Waals surface area (Å²) in [5, 5.41) is 0. The minimum absolute atomic E-state index is 0.0386. The van der Waals surface area contributed by atoms with E-state index in [0.717, 1.165) is 37.7 Å². The molecule has 0 unspecified atom stereocenters. The van der Waals surface area contributed by atoms with Gasteiger partial charge in [-0.05, 0) is 80.0 Å². The van der Waals surface area contributed by atoms with Crippen LogP contribution >= 0.6 is 0 Å². The lowest BCUT2D eigenvalue weighted by molar-refractivity contribution is 0.302. The molecule has 0 aliphatic heterocycles. The number of hydrogen-bond acceptors (Lipinski definition) is 1. The standard InChI is InChI=1S/C30H30F4O/c1-3-18-35-26-17-14-23(27(31)30(26)34)13-8-20-6-11-22(12-7-20)25-16-15-24(28(32)29(25)33)21-9-4-19(2)5-10-21/h3-5,9-10,14-17,20,22H,1,6-8,11-13,18H2,2H3. The van der Waals surface area contributed by atoms with E-state index in [2.05, 4.69) is 6.58 Å². The molecule has 184 valence electrons. The number of rotatable bonds is 8. The molecule has 1 saturated carbocycles. The Bertz CT molecular complexity index is 1180. The van der Waals surface area contributed by atoms with Crippen molar-refractivity contribution < 1.29 is 22.3 Å². The Morgan fingerprint density at radius 3 is 2.23 bits per heavy atom. The van der Waals surface area contributed by atoms with Crippen molar-refractivity contribution in [2.24, 2.45) is 5.92 Å². The van der Waals surface area contributed by atoms with E-state index in [-0.39, 0.29) is 23.8 Å². The molecule has 1 aliphatic rings. The van der Waals surface area contributed by atoms with Gasteiger partial charge in [-0.25, -0.2) is 13.2 Å². The van der Waals surface area contributed by atoms with Gasteiger partial charge >= 0.3 is 0 Å². The van der Waals surface area contributed by atoms with Gasteiger partial charge in [0.25, 0.3) is 0 Å². The highest BCUT2D eigenvalue weighted by Gasteiger charge is 2.27. The Labute approximate surface area is 204 Å². The molecular formula is C30H30F4O. The molecule has 5 heteroatoms. The smallest absolute Gasteiger partial charge is 0.200 e. The fraction of sp³-hybridized carbons (Fsp3) is 0.333. The van der Waals surface area contributed by atoms with Gasteiger partial charge in [0.15, 0.2) is 23.2 Å². The molecule has 1 nitrogen and oxygen atoms in total. The fourth-order valence-electron chi connectivity index (χ4n) is 4.98. The van der Waals surface area contributed by atoms with Gasteiger partial charge in [-0.1, -0.05) is 60.7 Å². The van der Waals surface area contributed by atoms with E-state index in [1.165, 1.54) is 12.1 Å².